The molecule has 0 aromatic heterocycles. The number of carbonyl (C=O) groups is 1. The molecule has 158 valence electrons. The number of allylic oxidation sites excluding steroid dienone is 2. The van der Waals surface area contributed by atoms with E-state index in [1.165, 1.54) is 12.1 Å². The minimum Gasteiger partial charge on any atom is -0.388 e. The van der Waals surface area contributed by atoms with E-state index in [2.05, 4.69) is 27.6 Å². The Morgan fingerprint density at radius 1 is 1.03 bits per heavy atom. The van der Waals surface area contributed by atoms with Crippen LogP contribution in [-0.2, 0) is 22.6 Å². The summed E-state index contributed by atoms with van der Waals surface area (Å²) in [6, 6.07) is 14.4. The van der Waals surface area contributed by atoms with Gasteiger partial charge in [-0.2, -0.15) is 0 Å². The van der Waals surface area contributed by atoms with E-state index in [0.29, 0.717) is 13.1 Å². The Labute approximate surface area is 173 Å². The van der Waals surface area contributed by atoms with Crippen LogP contribution in [0, 0.1) is 5.82 Å². The number of rotatable bonds is 9. The molecule has 0 atom stereocenters. The van der Waals surface area contributed by atoms with Gasteiger partial charge in [0.15, 0.2) is 0 Å². The van der Waals surface area contributed by atoms with Crippen molar-refractivity contribution in [2.75, 3.05) is 26.1 Å². The lowest BCUT2D eigenvalue weighted by Crippen LogP contribution is -2.32. The van der Waals surface area contributed by atoms with E-state index in [-0.39, 0.29) is 18.3 Å². The summed E-state index contributed by atoms with van der Waals surface area (Å²) in [5, 5.41) is 9.16. The zero-order valence-electron chi connectivity index (χ0n) is 17.7. The van der Waals surface area contributed by atoms with Crippen molar-refractivity contribution in [3.63, 3.8) is 0 Å². The van der Waals surface area contributed by atoms with Crippen molar-refractivity contribution in [1.29, 1.82) is 0 Å². The summed E-state index contributed by atoms with van der Waals surface area (Å²) < 4.78 is 17.4. The fourth-order valence-corrected chi connectivity index (χ4v) is 2.44. The number of halogens is 1. The number of carbonyl (C=O) groups excluding carboxylic acids is 1. The van der Waals surface area contributed by atoms with Gasteiger partial charge < -0.3 is 20.7 Å². The minimum absolute atomic E-state index is 0.0364. The molecule has 3 N–H and O–H groups in total. The minimum atomic E-state index is -0.254. The van der Waals surface area contributed by atoms with Crippen LogP contribution >= 0.6 is 0 Å². The average Bonchev–Trinajstić information content (AvgIpc) is 2.71. The Morgan fingerprint density at radius 3 is 2.24 bits per heavy atom. The van der Waals surface area contributed by atoms with Crippen LogP contribution in [0.4, 0.5) is 10.1 Å². The number of nitrogens with one attached hydrogen (secondary N) is 3. The number of hydrogen-bond donors (Lipinski definition) is 3. The Kier molecular flexibility index (Phi) is 11.8. The molecule has 0 aliphatic heterocycles. The van der Waals surface area contributed by atoms with E-state index in [0.717, 1.165) is 28.9 Å². The van der Waals surface area contributed by atoms with Crippen LogP contribution in [0.2, 0.25) is 0 Å². The van der Waals surface area contributed by atoms with E-state index in [4.69, 9.17) is 0 Å². The topological polar surface area (TPSA) is 62.4 Å². The highest BCUT2D eigenvalue weighted by atomic mass is 19.1. The molecule has 2 rings (SSSR count). The maximum Gasteiger partial charge on any atom is 0.239 e. The molecule has 2 aromatic rings. The highest BCUT2D eigenvalue weighted by Crippen LogP contribution is 2.11. The summed E-state index contributed by atoms with van der Waals surface area (Å²) in [4.78, 5) is 11.8. The van der Waals surface area contributed by atoms with Crippen molar-refractivity contribution in [2.24, 2.45) is 0 Å². The Bertz CT molecular complexity index is 761. The molecule has 0 spiro atoms. The molecule has 0 bridgehead atoms. The highest BCUT2D eigenvalue weighted by molar-refractivity contribution is 5.78. The molecule has 0 unspecified atom stereocenters. The Balaban J connectivity index is 0.00000132. The van der Waals surface area contributed by atoms with Crippen LogP contribution in [0.3, 0.4) is 0 Å². The first-order valence-electron chi connectivity index (χ1n) is 9.63. The van der Waals surface area contributed by atoms with E-state index >= 15 is 0 Å². The lowest BCUT2D eigenvalue weighted by atomic mass is 10.1. The van der Waals surface area contributed by atoms with Crippen LogP contribution in [0.5, 0.6) is 0 Å². The first-order valence-corrected chi connectivity index (χ1v) is 9.63. The molecule has 2 aromatic carbocycles. The monoisotopic (exact) mass is 401 g/mol. The van der Waals surface area contributed by atoms with Gasteiger partial charge in [0.2, 0.25) is 5.91 Å². The van der Waals surface area contributed by atoms with Gasteiger partial charge in [0.25, 0.3) is 0 Å². The predicted molar refractivity (Wildman–Crippen MR) is 117 cm³/mol. The third-order valence-corrected chi connectivity index (χ3v) is 3.87. The van der Waals surface area contributed by atoms with Crippen molar-refractivity contribution >= 4 is 11.6 Å². The third kappa shape index (κ3) is 10.9. The van der Waals surface area contributed by atoms with Crippen molar-refractivity contribution in [3.05, 3.63) is 77.2 Å². The molecule has 29 heavy (non-hydrogen) atoms. The molecule has 0 aliphatic rings. The Hall–Kier alpha value is -2.86. The van der Waals surface area contributed by atoms with Gasteiger partial charge in [0.05, 0.1) is 6.54 Å². The summed E-state index contributed by atoms with van der Waals surface area (Å²) in [6.07, 6.45) is 2.99. The molecule has 0 saturated carbocycles. The number of ether oxygens (including phenoxy) is 1. The van der Waals surface area contributed by atoms with Crippen molar-refractivity contribution in [2.45, 2.75) is 33.4 Å². The van der Waals surface area contributed by atoms with Crippen molar-refractivity contribution < 1.29 is 13.9 Å². The summed E-state index contributed by atoms with van der Waals surface area (Å²) in [5.41, 5.74) is 3.89. The van der Waals surface area contributed by atoms with Gasteiger partial charge in [-0.25, -0.2) is 4.39 Å². The number of benzene rings is 2. The molecule has 0 heterocycles. The fraction of sp³-hybridized carbons (Fsp3) is 0.348. The summed E-state index contributed by atoms with van der Waals surface area (Å²) >= 11 is 0. The molecular formula is C23H32FN3O2. The first-order chi connectivity index (χ1) is 14.0. The Morgan fingerprint density at radius 2 is 1.66 bits per heavy atom. The lowest BCUT2D eigenvalue weighted by Gasteiger charge is -2.09. The van der Waals surface area contributed by atoms with Crippen LogP contribution in [0.15, 0.2) is 60.3 Å². The molecule has 5 nitrogen and oxygen atoms in total. The molecule has 1 amide bonds. The largest absolute Gasteiger partial charge is 0.388 e. The molecular weight excluding hydrogens is 369 g/mol. The first kappa shape index (κ1) is 24.2. The van der Waals surface area contributed by atoms with Gasteiger partial charge in [-0.15, -0.1) is 0 Å². The van der Waals surface area contributed by atoms with Gasteiger partial charge in [-0.3, -0.25) is 4.79 Å². The van der Waals surface area contributed by atoms with E-state index < -0.39 is 0 Å². The second-order valence-electron chi connectivity index (χ2n) is 6.51. The second-order valence-corrected chi connectivity index (χ2v) is 6.51. The SMILES string of the molecule is CC/C=C(\C)NCC(=O)NCc1ccc(CNc2cccc(F)c2)cc1.COC. The fourth-order valence-electron chi connectivity index (χ4n) is 2.44. The van der Waals surface area contributed by atoms with Crippen LogP contribution in [0.25, 0.3) is 0 Å². The van der Waals surface area contributed by atoms with Crippen LogP contribution in [0.1, 0.15) is 31.4 Å². The summed E-state index contributed by atoms with van der Waals surface area (Å²) in [7, 11) is 3.25. The average molecular weight is 402 g/mol. The summed E-state index contributed by atoms with van der Waals surface area (Å²) in [6.45, 7) is 5.39. The van der Waals surface area contributed by atoms with Gasteiger partial charge >= 0.3 is 0 Å². The van der Waals surface area contributed by atoms with E-state index in [9.17, 15) is 9.18 Å². The normalized spacial score (nSPS) is 10.6. The van der Waals surface area contributed by atoms with Gasteiger partial charge in [-0.1, -0.05) is 43.3 Å². The van der Waals surface area contributed by atoms with Gasteiger partial charge in [-0.05, 0) is 42.7 Å². The maximum absolute atomic E-state index is 13.2. The van der Waals surface area contributed by atoms with Crippen molar-refractivity contribution in [1.82, 2.24) is 10.6 Å². The predicted octanol–water partition coefficient (Wildman–Crippen LogP) is 4.22. The molecule has 6 heteroatoms. The molecule has 0 aliphatic carbocycles. The lowest BCUT2D eigenvalue weighted by molar-refractivity contribution is -0.120. The van der Waals surface area contributed by atoms with E-state index in [1.54, 1.807) is 20.3 Å². The van der Waals surface area contributed by atoms with Crippen LogP contribution in [-0.4, -0.2) is 26.7 Å². The van der Waals surface area contributed by atoms with Gasteiger partial charge in [0.1, 0.15) is 5.82 Å². The maximum atomic E-state index is 13.2. The molecule has 0 radical (unpaired) electrons. The van der Waals surface area contributed by atoms with Crippen LogP contribution < -0.4 is 16.0 Å². The zero-order chi connectivity index (χ0) is 21.5. The quantitative estimate of drug-likeness (QED) is 0.589. The van der Waals surface area contributed by atoms with E-state index in [1.807, 2.05) is 43.3 Å². The molecule has 0 saturated heterocycles. The third-order valence-electron chi connectivity index (χ3n) is 3.87. The molecule has 0 fully saturated rings. The van der Waals surface area contributed by atoms with Gasteiger partial charge in [0, 0.05) is 38.7 Å². The number of anilines is 1. The number of methoxy groups -OCH3 is 1. The number of amides is 1. The smallest absolute Gasteiger partial charge is 0.239 e. The summed E-state index contributed by atoms with van der Waals surface area (Å²) in [5.74, 6) is -0.290. The zero-order valence-corrected chi connectivity index (χ0v) is 17.7. The van der Waals surface area contributed by atoms with Crippen molar-refractivity contribution in [3.8, 4) is 0 Å². The highest BCUT2D eigenvalue weighted by Gasteiger charge is 2.02. The standard InChI is InChI=1S/C21H26FN3O.C2H6O/c1-3-5-16(2)23-15-21(26)25-14-18-10-8-17(9-11-18)13-24-20-7-4-6-19(22)12-20;1-3-2/h4-12,23-24H,3,13-15H2,1-2H3,(H,25,26);1-2H3/b16-5+;. The second kappa shape index (κ2) is 14.2. The number of hydrogen-bond acceptors (Lipinski definition) is 4.